The van der Waals surface area contributed by atoms with Crippen LogP contribution in [0, 0.1) is 11.8 Å². The molecule has 214 valence electrons. The highest BCUT2D eigenvalue weighted by Gasteiger charge is 2.38. The largest absolute Gasteiger partial charge is 0.0622 e. The first-order valence-corrected chi connectivity index (χ1v) is 16.1. The van der Waals surface area contributed by atoms with Gasteiger partial charge in [0.15, 0.2) is 0 Å². The number of hydrogen-bond donors (Lipinski definition) is 0. The van der Waals surface area contributed by atoms with Gasteiger partial charge in [-0.25, -0.2) is 0 Å². The number of rotatable bonds is 4. The number of allylic oxidation sites excluding steroid dienone is 15. The molecule has 9 rings (SSSR count). The average molecular weight is 575 g/mol. The van der Waals surface area contributed by atoms with Gasteiger partial charge in [-0.15, -0.1) is 0 Å². The van der Waals surface area contributed by atoms with Gasteiger partial charge in [0, 0.05) is 17.3 Å². The van der Waals surface area contributed by atoms with Crippen molar-refractivity contribution in [3.05, 3.63) is 196 Å². The molecule has 2 unspecified atom stereocenters. The molecule has 2 atom stereocenters. The molecule has 0 N–H and O–H groups in total. The van der Waals surface area contributed by atoms with Gasteiger partial charge in [0.25, 0.3) is 0 Å². The van der Waals surface area contributed by atoms with Crippen LogP contribution in [-0.4, -0.2) is 0 Å². The van der Waals surface area contributed by atoms with Crippen molar-refractivity contribution in [3.63, 3.8) is 0 Å². The Hall–Kier alpha value is -5.20. The minimum atomic E-state index is -0.0570. The predicted octanol–water partition coefficient (Wildman–Crippen LogP) is 11.4. The summed E-state index contributed by atoms with van der Waals surface area (Å²) in [5.74, 6) is 0.858. The van der Waals surface area contributed by atoms with Gasteiger partial charge in [0.2, 0.25) is 0 Å². The molecule has 0 radical (unpaired) electrons. The van der Waals surface area contributed by atoms with E-state index in [9.17, 15) is 0 Å². The Morgan fingerprint density at radius 3 is 1.82 bits per heavy atom. The second-order valence-corrected chi connectivity index (χ2v) is 13.4. The average Bonchev–Trinajstić information content (AvgIpc) is 3.32. The van der Waals surface area contributed by atoms with Crippen LogP contribution in [0.4, 0.5) is 0 Å². The molecule has 0 heteroatoms. The summed E-state index contributed by atoms with van der Waals surface area (Å²) in [7, 11) is 0. The minimum absolute atomic E-state index is 0.0570. The third-order valence-electron chi connectivity index (χ3n) is 10.5. The summed E-state index contributed by atoms with van der Waals surface area (Å²) in [4.78, 5) is 0. The van der Waals surface area contributed by atoms with Crippen LogP contribution in [0.25, 0.3) is 39.5 Å². The Morgan fingerprint density at radius 1 is 0.511 bits per heavy atom. The summed E-state index contributed by atoms with van der Waals surface area (Å²) in [6.07, 6.45) is 25.1. The van der Waals surface area contributed by atoms with E-state index < -0.39 is 0 Å². The molecule has 45 heavy (non-hydrogen) atoms. The quantitative estimate of drug-likeness (QED) is 0.227. The summed E-state index contributed by atoms with van der Waals surface area (Å²) in [6, 6.07) is 33.7. The van der Waals surface area contributed by atoms with Gasteiger partial charge < -0.3 is 0 Å². The van der Waals surface area contributed by atoms with Crippen LogP contribution in [0.1, 0.15) is 30.5 Å². The lowest BCUT2D eigenvalue weighted by Gasteiger charge is -2.40. The summed E-state index contributed by atoms with van der Waals surface area (Å²) < 4.78 is 0. The van der Waals surface area contributed by atoms with Gasteiger partial charge in [0.1, 0.15) is 0 Å². The highest BCUT2D eigenvalue weighted by atomic mass is 14.4. The molecule has 0 nitrogen and oxygen atoms in total. The molecular formula is C45H34. The maximum absolute atomic E-state index is 2.41. The van der Waals surface area contributed by atoms with E-state index in [0.29, 0.717) is 11.8 Å². The van der Waals surface area contributed by atoms with Gasteiger partial charge >= 0.3 is 0 Å². The Labute approximate surface area is 266 Å². The van der Waals surface area contributed by atoms with Crippen LogP contribution in [0.5, 0.6) is 0 Å². The molecule has 0 bridgehead atoms. The third kappa shape index (κ3) is 4.13. The SMILES string of the molecule is CC1(C)c2cc(-c3ccccc3)ccc2-c2ccc(-c3ccc(C=CC4=C5C=CC6=CC=CC7=CC=C(C=C4)C5C67)cc3)cc21. The van der Waals surface area contributed by atoms with Crippen LogP contribution < -0.4 is 0 Å². The zero-order valence-corrected chi connectivity index (χ0v) is 25.7. The molecule has 0 fully saturated rings. The molecule has 5 aliphatic rings. The fourth-order valence-electron chi connectivity index (χ4n) is 8.08. The smallest absolute Gasteiger partial charge is 0.0205 e. The second kappa shape index (κ2) is 9.91. The lowest BCUT2D eigenvalue weighted by atomic mass is 9.63. The molecular weight excluding hydrogens is 540 g/mol. The van der Waals surface area contributed by atoms with Crippen LogP contribution in [-0.2, 0) is 5.41 Å². The van der Waals surface area contributed by atoms with Crippen molar-refractivity contribution in [2.75, 3.05) is 0 Å². The summed E-state index contributed by atoms with van der Waals surface area (Å²) >= 11 is 0. The maximum atomic E-state index is 2.41. The molecule has 4 aromatic carbocycles. The molecule has 0 aliphatic heterocycles. The maximum Gasteiger partial charge on any atom is 0.0205 e. The van der Waals surface area contributed by atoms with E-state index in [0.717, 1.165) is 0 Å². The lowest BCUT2D eigenvalue weighted by Crippen LogP contribution is -2.29. The van der Waals surface area contributed by atoms with Crippen LogP contribution in [0.2, 0.25) is 0 Å². The van der Waals surface area contributed by atoms with Crippen LogP contribution in [0.3, 0.4) is 0 Å². The van der Waals surface area contributed by atoms with E-state index in [-0.39, 0.29) is 5.41 Å². The number of fused-ring (bicyclic) bond motifs is 3. The molecule has 0 saturated carbocycles. The molecule has 4 aromatic rings. The molecule has 5 aliphatic carbocycles. The normalized spacial score (nSPS) is 21.2. The van der Waals surface area contributed by atoms with Gasteiger partial charge in [0.05, 0.1) is 0 Å². The second-order valence-electron chi connectivity index (χ2n) is 13.4. The molecule has 0 amide bonds. The van der Waals surface area contributed by atoms with Gasteiger partial charge in [-0.05, 0) is 90.1 Å². The Bertz CT molecular complexity index is 2150. The first-order chi connectivity index (χ1) is 22.0. The highest BCUT2D eigenvalue weighted by Crippen LogP contribution is 2.51. The molecule has 0 aromatic heterocycles. The van der Waals surface area contributed by atoms with Crippen molar-refractivity contribution in [2.24, 2.45) is 11.8 Å². The predicted molar refractivity (Wildman–Crippen MR) is 190 cm³/mol. The molecule has 0 saturated heterocycles. The van der Waals surface area contributed by atoms with Crippen molar-refractivity contribution in [2.45, 2.75) is 19.3 Å². The van der Waals surface area contributed by atoms with Crippen molar-refractivity contribution in [1.29, 1.82) is 0 Å². The van der Waals surface area contributed by atoms with E-state index >= 15 is 0 Å². The van der Waals surface area contributed by atoms with E-state index in [2.05, 4.69) is 172 Å². The number of benzene rings is 4. The van der Waals surface area contributed by atoms with Crippen molar-refractivity contribution in [1.82, 2.24) is 0 Å². The van der Waals surface area contributed by atoms with Gasteiger partial charge in [-0.2, -0.15) is 0 Å². The molecule has 0 heterocycles. The van der Waals surface area contributed by atoms with E-state index in [1.165, 1.54) is 77.9 Å². The standard InChI is InChI=1S/C45H34/c1-45(2)41-27-36(30-7-4-3-5-8-30)22-25-39(41)40-26-23-37(28-42(40)45)31-14-11-29(12-15-31)13-16-32-17-18-35-20-19-33-9-6-10-34-21-24-38(32)44(35)43(33)34/h3-28,43-44H,1-2H3. The van der Waals surface area contributed by atoms with E-state index in [1.54, 1.807) is 0 Å². The van der Waals surface area contributed by atoms with E-state index in [4.69, 9.17) is 0 Å². The molecule has 0 spiro atoms. The fourth-order valence-corrected chi connectivity index (χ4v) is 8.08. The van der Waals surface area contributed by atoms with Gasteiger partial charge in [-0.1, -0.05) is 160 Å². The zero-order valence-electron chi connectivity index (χ0n) is 25.7. The zero-order chi connectivity index (χ0) is 30.1. The van der Waals surface area contributed by atoms with E-state index in [1.807, 2.05) is 0 Å². The van der Waals surface area contributed by atoms with Crippen LogP contribution >= 0.6 is 0 Å². The van der Waals surface area contributed by atoms with Crippen molar-refractivity contribution in [3.8, 4) is 33.4 Å². The Balaban J connectivity index is 0.991. The lowest BCUT2D eigenvalue weighted by molar-refractivity contribution is 0.561. The van der Waals surface area contributed by atoms with Crippen molar-refractivity contribution >= 4 is 6.08 Å². The van der Waals surface area contributed by atoms with Crippen LogP contribution in [0.15, 0.2) is 180 Å². The monoisotopic (exact) mass is 574 g/mol. The third-order valence-corrected chi connectivity index (χ3v) is 10.5. The number of hydrogen-bond acceptors (Lipinski definition) is 0. The fraction of sp³-hybridized carbons (Fsp3) is 0.111. The topological polar surface area (TPSA) is 0 Å². The first-order valence-electron chi connectivity index (χ1n) is 16.1. The van der Waals surface area contributed by atoms with Gasteiger partial charge in [-0.3, -0.25) is 0 Å². The summed E-state index contributed by atoms with van der Waals surface area (Å²) in [6.45, 7) is 4.73. The van der Waals surface area contributed by atoms with Crippen molar-refractivity contribution < 1.29 is 0 Å². The highest BCUT2D eigenvalue weighted by molar-refractivity contribution is 5.86. The summed E-state index contributed by atoms with van der Waals surface area (Å²) in [5.41, 5.74) is 18.8. The minimum Gasteiger partial charge on any atom is -0.0622 e. The summed E-state index contributed by atoms with van der Waals surface area (Å²) in [5, 5.41) is 0. The Kier molecular flexibility index (Phi) is 5.77. The first kappa shape index (κ1) is 26.2. The Morgan fingerprint density at radius 2 is 1.11 bits per heavy atom.